The summed E-state index contributed by atoms with van der Waals surface area (Å²) in [5.41, 5.74) is 0.967. The average molecular weight is 681 g/mol. The predicted octanol–water partition coefficient (Wildman–Crippen LogP) is 6.42. The number of nitrogens with zero attached hydrogens (tertiary/aromatic N) is 2. The van der Waals surface area contributed by atoms with E-state index >= 15 is 4.39 Å². The van der Waals surface area contributed by atoms with Crippen LogP contribution in [-0.4, -0.2) is 91.6 Å². The van der Waals surface area contributed by atoms with Crippen LogP contribution in [-0.2, 0) is 16.0 Å². The van der Waals surface area contributed by atoms with Crippen molar-refractivity contribution in [3.8, 4) is 0 Å². The number of amides is 2. The van der Waals surface area contributed by atoms with Gasteiger partial charge in [0.15, 0.2) is 0 Å². The summed E-state index contributed by atoms with van der Waals surface area (Å²) in [6, 6.07) is 10.3. The second-order valence-electron chi connectivity index (χ2n) is 13.4. The van der Waals surface area contributed by atoms with Crippen LogP contribution in [0.1, 0.15) is 63.0 Å². The molecule has 2 unspecified atom stereocenters. The number of hydrogen-bond donors (Lipinski definition) is 5. The van der Waals surface area contributed by atoms with Crippen LogP contribution in [0.15, 0.2) is 42.5 Å². The number of anilines is 1. The fourth-order valence-corrected chi connectivity index (χ4v) is 9.11. The van der Waals surface area contributed by atoms with E-state index in [-0.39, 0.29) is 41.3 Å². The van der Waals surface area contributed by atoms with E-state index in [0.29, 0.717) is 43.3 Å². The van der Waals surface area contributed by atoms with Crippen molar-refractivity contribution in [1.29, 1.82) is 0 Å². The van der Waals surface area contributed by atoms with E-state index in [9.17, 15) is 23.8 Å². The largest absolute Gasteiger partial charge is 0.465 e. The Morgan fingerprint density at radius 2 is 1.96 bits per heavy atom. The van der Waals surface area contributed by atoms with Crippen molar-refractivity contribution in [2.75, 3.05) is 37.8 Å². The highest BCUT2D eigenvalue weighted by Gasteiger charge is 2.43. The molecule has 0 aliphatic carbocycles. The fourth-order valence-electron chi connectivity index (χ4n) is 7.12. The Hall–Kier alpha value is -2.45. The predicted molar refractivity (Wildman–Crippen MR) is 179 cm³/mol. The van der Waals surface area contributed by atoms with Crippen LogP contribution in [0.3, 0.4) is 0 Å². The molecule has 46 heavy (non-hydrogen) atoms. The highest BCUT2D eigenvalue weighted by Crippen LogP contribution is 2.49. The van der Waals surface area contributed by atoms with Crippen LogP contribution in [0.25, 0.3) is 0 Å². The normalized spacial score (nSPS) is 27.5. The van der Waals surface area contributed by atoms with Gasteiger partial charge in [0.25, 0.3) is 0 Å². The van der Waals surface area contributed by atoms with E-state index in [1.165, 1.54) is 19.2 Å². The molecule has 254 valence electrons. The first kappa shape index (κ1) is 34.9. The second-order valence-corrected chi connectivity index (χ2v) is 16.0. The highest BCUT2D eigenvalue weighted by atomic mass is 35.5. The number of ether oxygens (including phenoxy) is 1. The number of nitrogens with one attached hydrogen (secondary N) is 2. The molecule has 3 aliphatic rings. The first-order valence-corrected chi connectivity index (χ1v) is 18.0. The van der Waals surface area contributed by atoms with Gasteiger partial charge in [-0.15, -0.1) is 10.8 Å². The number of hydrogen-bond acceptors (Lipinski definition) is 7. The molecular weight excluding hydrogens is 635 g/mol. The third-order valence-corrected chi connectivity index (χ3v) is 12.1. The molecule has 2 bridgehead atoms. The monoisotopic (exact) mass is 680 g/mol. The average Bonchev–Trinajstić information content (AvgIpc) is 3.11. The van der Waals surface area contributed by atoms with Gasteiger partial charge in [-0.05, 0) is 88.1 Å². The summed E-state index contributed by atoms with van der Waals surface area (Å²) in [6.07, 6.45) is 2.44. The second kappa shape index (κ2) is 14.3. The van der Waals surface area contributed by atoms with Gasteiger partial charge in [0.1, 0.15) is 11.9 Å². The van der Waals surface area contributed by atoms with E-state index in [1.807, 2.05) is 26.0 Å². The molecule has 3 saturated heterocycles. The van der Waals surface area contributed by atoms with Gasteiger partial charge in [0.05, 0.1) is 18.0 Å². The zero-order valence-corrected chi connectivity index (χ0v) is 28.2. The Balaban J connectivity index is 1.42. The summed E-state index contributed by atoms with van der Waals surface area (Å²) in [6.45, 7) is 5.43. The van der Waals surface area contributed by atoms with Crippen molar-refractivity contribution in [2.24, 2.45) is 5.92 Å². The Morgan fingerprint density at radius 3 is 2.63 bits per heavy atom. The van der Waals surface area contributed by atoms with E-state index in [1.54, 1.807) is 22.5 Å². The number of carboxylic acid groups (broad SMARTS) is 1. The van der Waals surface area contributed by atoms with Gasteiger partial charge in [-0.2, -0.15) is 0 Å². The number of likely N-dealkylation sites (N-methyl/N-ethyl adjacent to an activating group) is 1. The first-order valence-electron chi connectivity index (χ1n) is 16.0. The van der Waals surface area contributed by atoms with Gasteiger partial charge in [-0.1, -0.05) is 29.8 Å². The topological polar surface area (TPSA) is 135 Å². The molecule has 10 nitrogen and oxygen atoms in total. The summed E-state index contributed by atoms with van der Waals surface area (Å²) < 4.78 is 45.1. The third kappa shape index (κ3) is 7.98. The van der Waals surface area contributed by atoms with Gasteiger partial charge in [-0.25, -0.2) is 13.5 Å². The van der Waals surface area contributed by atoms with Gasteiger partial charge < -0.3 is 20.5 Å². The van der Waals surface area contributed by atoms with E-state index in [4.69, 9.17) is 16.3 Å². The highest BCUT2D eigenvalue weighted by molar-refractivity contribution is 8.22. The van der Waals surface area contributed by atoms with E-state index < -0.39 is 40.6 Å². The summed E-state index contributed by atoms with van der Waals surface area (Å²) in [4.78, 5) is 27.7. The summed E-state index contributed by atoms with van der Waals surface area (Å²) in [5, 5.41) is 17.0. The molecule has 3 heterocycles. The molecule has 13 heteroatoms. The number of piperazine rings is 1. The Bertz CT molecular complexity index is 1390. The van der Waals surface area contributed by atoms with Crippen LogP contribution < -0.4 is 10.6 Å². The van der Waals surface area contributed by atoms with Crippen LogP contribution in [0.4, 0.5) is 14.9 Å². The lowest BCUT2D eigenvalue weighted by molar-refractivity contribution is -0.124. The molecule has 3 fully saturated rings. The lowest BCUT2D eigenvalue weighted by Crippen LogP contribution is -2.55. The minimum absolute atomic E-state index is 0.172. The summed E-state index contributed by atoms with van der Waals surface area (Å²) in [7, 11) is -1.55. The van der Waals surface area contributed by atoms with Crippen molar-refractivity contribution >= 4 is 40.1 Å². The molecule has 0 saturated carbocycles. The zero-order valence-electron chi connectivity index (χ0n) is 26.6. The van der Waals surface area contributed by atoms with E-state index in [2.05, 4.69) is 10.6 Å². The van der Waals surface area contributed by atoms with Crippen molar-refractivity contribution in [1.82, 2.24) is 14.5 Å². The maximum atomic E-state index is 15.4. The minimum atomic E-state index is -2.92. The van der Waals surface area contributed by atoms with Crippen LogP contribution in [0, 0.1) is 11.7 Å². The van der Waals surface area contributed by atoms with Crippen LogP contribution in [0.2, 0.25) is 5.02 Å². The summed E-state index contributed by atoms with van der Waals surface area (Å²) >= 11 is 6.19. The molecule has 3 aliphatic heterocycles. The molecule has 2 aromatic carbocycles. The molecule has 0 radical (unpaired) electrons. The summed E-state index contributed by atoms with van der Waals surface area (Å²) in [5.74, 6) is -1.50. The fraction of sp³-hybridized carbons (Fsp3) is 0.576. The smallest absolute Gasteiger partial charge is 0.407 e. The molecule has 6 atom stereocenters. The molecule has 0 spiro atoms. The maximum Gasteiger partial charge on any atom is 0.407 e. The standard InChI is InChI=1S/C33H46ClFN4O6S/c1-33(2)16-15-22(20-45-33)29(21-9-11-23(34)12-10-21)30(38(3)32(41)42)31(40)37-28-8-4-7-27(35)26(28)14-13-25-18-36-24-6-5-17-46(43,44)39(25)19-24/h4,7-12,22,24-25,29-30,36,43-44H,5-6,13-20H2,1-3H3,(H,37,40)(H,41,42)/t22?,24-,25+,29+,30+/m1/s1. The minimum Gasteiger partial charge on any atom is -0.465 e. The van der Waals surface area contributed by atoms with Crippen molar-refractivity contribution in [3.05, 3.63) is 64.4 Å². The number of fused-ring (bicyclic) bond motifs is 2. The number of halogens is 2. The number of benzene rings is 2. The zero-order chi connectivity index (χ0) is 33.2. The Morgan fingerprint density at radius 1 is 1.22 bits per heavy atom. The molecule has 2 amide bonds. The number of rotatable bonds is 9. The number of carbonyl (C=O) groups is 2. The Labute approximate surface area is 277 Å². The van der Waals surface area contributed by atoms with Gasteiger partial charge in [0.2, 0.25) is 5.91 Å². The van der Waals surface area contributed by atoms with Crippen LogP contribution in [0.5, 0.6) is 0 Å². The number of carbonyl (C=O) groups excluding carboxylic acids is 1. The van der Waals surface area contributed by atoms with Gasteiger partial charge in [-0.3, -0.25) is 18.8 Å². The first-order chi connectivity index (χ1) is 21.8. The lowest BCUT2D eigenvalue weighted by Gasteiger charge is -2.49. The molecule has 5 N–H and O–H groups in total. The van der Waals surface area contributed by atoms with Gasteiger partial charge in [0, 0.05) is 54.4 Å². The van der Waals surface area contributed by atoms with Crippen molar-refractivity contribution in [3.63, 3.8) is 0 Å². The molecule has 5 rings (SSSR count). The third-order valence-electron chi connectivity index (χ3n) is 9.80. The van der Waals surface area contributed by atoms with E-state index in [0.717, 1.165) is 29.7 Å². The van der Waals surface area contributed by atoms with Crippen molar-refractivity contribution < 1.29 is 32.9 Å². The maximum absolute atomic E-state index is 15.4. The quantitative estimate of drug-likeness (QED) is 0.205. The SMILES string of the molecule is CN(C(=O)O)[C@H](C(=O)Nc1cccc(F)c1CC[C@H]1CN[C@@H]2CCCS(O)(O)N1C2)[C@@H](c1ccc(Cl)cc1)C1CCC(C)(C)OC1. The Kier molecular flexibility index (Phi) is 10.9. The lowest BCUT2D eigenvalue weighted by atomic mass is 9.75. The molecule has 0 aromatic heterocycles. The molecule has 2 aromatic rings. The van der Waals surface area contributed by atoms with Crippen molar-refractivity contribution in [2.45, 2.75) is 82.0 Å². The van der Waals surface area contributed by atoms with Crippen LogP contribution >= 0.6 is 22.4 Å². The molecular formula is C33H46ClFN4O6S. The van der Waals surface area contributed by atoms with Gasteiger partial charge >= 0.3 is 6.09 Å².